The Morgan fingerprint density at radius 1 is 1.05 bits per heavy atom. The fourth-order valence-electron chi connectivity index (χ4n) is 3.83. The maximum atomic E-state index is 4.39. The van der Waals surface area contributed by atoms with Gasteiger partial charge in [0.1, 0.15) is 0 Å². The molecule has 3 unspecified atom stereocenters. The highest BCUT2D eigenvalue weighted by Crippen LogP contribution is 2.51. The lowest BCUT2D eigenvalue weighted by Crippen LogP contribution is -2.13. The van der Waals surface area contributed by atoms with Gasteiger partial charge in [-0.1, -0.05) is 43.3 Å². The summed E-state index contributed by atoms with van der Waals surface area (Å²) in [4.78, 5) is 0. The molecule has 2 aliphatic carbocycles. The van der Waals surface area contributed by atoms with Crippen LogP contribution in [0, 0.1) is 30.6 Å². The van der Waals surface area contributed by atoms with E-state index in [1.165, 1.54) is 48.8 Å². The van der Waals surface area contributed by atoms with Crippen LogP contribution < -0.4 is 0 Å². The summed E-state index contributed by atoms with van der Waals surface area (Å²) in [7, 11) is 0. The number of allylic oxidation sites excluding steroid dienone is 1. The van der Waals surface area contributed by atoms with Crippen LogP contribution in [0.2, 0.25) is 0 Å². The van der Waals surface area contributed by atoms with Gasteiger partial charge in [-0.15, -0.1) is 0 Å². The number of aryl methyl sites for hydroxylation is 1. The van der Waals surface area contributed by atoms with Crippen LogP contribution in [0.25, 0.3) is 5.57 Å². The topological polar surface area (TPSA) is 0 Å². The largest absolute Gasteiger partial charge is 0.0950 e. The van der Waals surface area contributed by atoms with E-state index in [1.54, 1.807) is 0 Å². The number of hydrogen-bond donors (Lipinski definition) is 0. The summed E-state index contributed by atoms with van der Waals surface area (Å²) >= 11 is 0. The molecule has 0 bridgehead atoms. The van der Waals surface area contributed by atoms with E-state index in [4.69, 9.17) is 0 Å². The molecule has 0 amide bonds. The molecule has 0 heteroatoms. The van der Waals surface area contributed by atoms with Crippen molar-refractivity contribution >= 4 is 5.57 Å². The zero-order valence-corrected chi connectivity index (χ0v) is 12.4. The van der Waals surface area contributed by atoms with Gasteiger partial charge in [0.15, 0.2) is 0 Å². The molecule has 102 valence electrons. The molecule has 0 aromatic heterocycles. The third kappa shape index (κ3) is 2.78. The first-order chi connectivity index (χ1) is 9.15. The lowest BCUT2D eigenvalue weighted by molar-refractivity contribution is 0.367. The molecule has 0 N–H and O–H groups in total. The van der Waals surface area contributed by atoms with Gasteiger partial charge in [0.05, 0.1) is 0 Å². The molecule has 0 saturated heterocycles. The monoisotopic (exact) mass is 254 g/mol. The second kappa shape index (κ2) is 5.15. The van der Waals surface area contributed by atoms with Crippen LogP contribution in [-0.4, -0.2) is 0 Å². The van der Waals surface area contributed by atoms with Gasteiger partial charge >= 0.3 is 0 Å². The van der Waals surface area contributed by atoms with Gasteiger partial charge in [-0.05, 0) is 73.8 Å². The molecular formula is C19H26. The predicted octanol–water partition coefficient (Wildman–Crippen LogP) is 5.47. The molecule has 1 aromatic rings. The Balaban J connectivity index is 1.66. The van der Waals surface area contributed by atoms with Crippen molar-refractivity contribution in [3.8, 4) is 0 Å². The second-order valence-electron chi connectivity index (χ2n) is 6.85. The van der Waals surface area contributed by atoms with E-state index in [1.807, 2.05) is 0 Å². The molecule has 0 aliphatic heterocycles. The normalized spacial score (nSPS) is 31.2. The van der Waals surface area contributed by atoms with Crippen molar-refractivity contribution in [3.05, 3.63) is 42.0 Å². The van der Waals surface area contributed by atoms with Gasteiger partial charge in [-0.2, -0.15) is 0 Å². The molecule has 0 spiro atoms. The number of rotatable bonds is 3. The number of benzene rings is 1. The van der Waals surface area contributed by atoms with Crippen LogP contribution in [0.1, 0.15) is 50.2 Å². The lowest BCUT2D eigenvalue weighted by atomic mass is 9.80. The van der Waals surface area contributed by atoms with Gasteiger partial charge < -0.3 is 0 Å². The summed E-state index contributed by atoms with van der Waals surface area (Å²) in [6, 6.07) is 8.88. The molecule has 2 aliphatic rings. The van der Waals surface area contributed by atoms with Crippen molar-refractivity contribution in [1.82, 2.24) is 0 Å². The molecule has 2 saturated carbocycles. The summed E-state index contributed by atoms with van der Waals surface area (Å²) in [6.07, 6.45) is 7.32. The van der Waals surface area contributed by atoms with E-state index >= 15 is 0 Å². The fourth-order valence-corrected chi connectivity index (χ4v) is 3.83. The van der Waals surface area contributed by atoms with Crippen LogP contribution >= 0.6 is 0 Å². The van der Waals surface area contributed by atoms with E-state index in [-0.39, 0.29) is 0 Å². The van der Waals surface area contributed by atoms with Crippen molar-refractivity contribution in [3.63, 3.8) is 0 Å². The molecule has 0 heterocycles. The zero-order chi connectivity index (χ0) is 13.4. The van der Waals surface area contributed by atoms with Crippen LogP contribution in [-0.2, 0) is 0 Å². The van der Waals surface area contributed by atoms with Crippen molar-refractivity contribution in [2.24, 2.45) is 23.7 Å². The minimum atomic E-state index is 0.639. The molecular weight excluding hydrogens is 228 g/mol. The molecule has 3 atom stereocenters. The van der Waals surface area contributed by atoms with Crippen molar-refractivity contribution in [2.75, 3.05) is 0 Å². The Bertz CT molecular complexity index is 441. The highest BCUT2D eigenvalue weighted by Gasteiger charge is 2.40. The first kappa shape index (κ1) is 13.0. The van der Waals surface area contributed by atoms with E-state index in [0.717, 1.165) is 17.8 Å². The van der Waals surface area contributed by atoms with E-state index in [0.29, 0.717) is 5.92 Å². The number of fused-ring (bicyclic) bond motifs is 1. The van der Waals surface area contributed by atoms with Gasteiger partial charge in [0, 0.05) is 0 Å². The average Bonchev–Trinajstić information content (AvgIpc) is 3.16. The minimum absolute atomic E-state index is 0.639. The minimum Gasteiger partial charge on any atom is -0.0950 e. The average molecular weight is 254 g/mol. The molecule has 2 fully saturated rings. The first-order valence-corrected chi connectivity index (χ1v) is 7.91. The van der Waals surface area contributed by atoms with Crippen LogP contribution in [0.4, 0.5) is 0 Å². The summed E-state index contributed by atoms with van der Waals surface area (Å²) in [5, 5.41) is 0. The molecule has 1 aromatic carbocycles. The van der Waals surface area contributed by atoms with Gasteiger partial charge in [-0.3, -0.25) is 0 Å². The maximum absolute atomic E-state index is 4.39. The van der Waals surface area contributed by atoms with Gasteiger partial charge in [0.25, 0.3) is 0 Å². The molecule has 19 heavy (non-hydrogen) atoms. The fraction of sp³-hybridized carbons (Fsp3) is 0.579. The van der Waals surface area contributed by atoms with Gasteiger partial charge in [0.2, 0.25) is 0 Å². The SMILES string of the molecule is C=C(c1ccc(C)cc1)C(C)C1CCC2CC2CC1. The Morgan fingerprint density at radius 2 is 1.63 bits per heavy atom. The molecule has 0 radical (unpaired) electrons. The predicted molar refractivity (Wildman–Crippen MR) is 82.9 cm³/mol. The zero-order valence-electron chi connectivity index (χ0n) is 12.4. The van der Waals surface area contributed by atoms with Crippen molar-refractivity contribution in [2.45, 2.75) is 46.0 Å². The summed E-state index contributed by atoms with van der Waals surface area (Å²) in [5.41, 5.74) is 4.02. The highest BCUT2D eigenvalue weighted by molar-refractivity contribution is 5.65. The summed E-state index contributed by atoms with van der Waals surface area (Å²) in [5.74, 6) is 3.68. The Kier molecular flexibility index (Phi) is 3.52. The summed E-state index contributed by atoms with van der Waals surface area (Å²) < 4.78 is 0. The van der Waals surface area contributed by atoms with E-state index < -0.39 is 0 Å². The molecule has 0 nitrogen and oxygen atoms in total. The lowest BCUT2D eigenvalue weighted by Gasteiger charge is -2.25. The highest BCUT2D eigenvalue weighted by atomic mass is 14.4. The third-order valence-electron chi connectivity index (χ3n) is 5.56. The van der Waals surface area contributed by atoms with E-state index in [2.05, 4.69) is 44.7 Å². The van der Waals surface area contributed by atoms with Gasteiger partial charge in [-0.25, -0.2) is 0 Å². The van der Waals surface area contributed by atoms with Crippen molar-refractivity contribution < 1.29 is 0 Å². The Labute approximate surface area is 117 Å². The Hall–Kier alpha value is -1.04. The maximum Gasteiger partial charge on any atom is -0.0162 e. The van der Waals surface area contributed by atoms with Crippen LogP contribution in [0.5, 0.6) is 0 Å². The standard InChI is InChI=1S/C19H26/c1-13-4-6-16(7-5-13)14(2)15(3)17-8-10-18-12-19(18)11-9-17/h4-7,15,17-19H,2,8-12H2,1,3H3. The summed E-state index contributed by atoms with van der Waals surface area (Å²) in [6.45, 7) is 8.93. The molecule has 3 rings (SSSR count). The first-order valence-electron chi connectivity index (χ1n) is 7.91. The number of hydrogen-bond acceptors (Lipinski definition) is 0. The van der Waals surface area contributed by atoms with Crippen LogP contribution in [0.3, 0.4) is 0 Å². The third-order valence-corrected chi connectivity index (χ3v) is 5.56. The Morgan fingerprint density at radius 3 is 2.21 bits per heavy atom. The van der Waals surface area contributed by atoms with Crippen molar-refractivity contribution in [1.29, 1.82) is 0 Å². The van der Waals surface area contributed by atoms with Crippen LogP contribution in [0.15, 0.2) is 30.8 Å². The smallest absolute Gasteiger partial charge is 0.0162 e. The quantitative estimate of drug-likeness (QED) is 0.671. The second-order valence-corrected chi connectivity index (χ2v) is 6.85. The van der Waals surface area contributed by atoms with E-state index in [9.17, 15) is 0 Å².